The summed E-state index contributed by atoms with van der Waals surface area (Å²) in [7, 11) is 3.04. The van der Waals surface area contributed by atoms with E-state index in [1.54, 1.807) is 20.0 Å². The Morgan fingerprint density at radius 3 is 2.80 bits per heavy atom. The lowest BCUT2D eigenvalue weighted by Crippen LogP contribution is -2.38. The fourth-order valence-electron chi connectivity index (χ4n) is 1.61. The van der Waals surface area contributed by atoms with Crippen molar-refractivity contribution in [3.05, 3.63) is 29.6 Å². The molecule has 0 aliphatic rings. The minimum Gasteiger partial charge on any atom is -0.494 e. The Morgan fingerprint density at radius 1 is 1.55 bits per heavy atom. The van der Waals surface area contributed by atoms with Gasteiger partial charge >= 0.3 is 6.03 Å². The molecule has 0 aliphatic heterocycles. The van der Waals surface area contributed by atoms with Crippen molar-refractivity contribution < 1.29 is 19.0 Å². The van der Waals surface area contributed by atoms with Gasteiger partial charge in [-0.1, -0.05) is 6.07 Å². The lowest BCUT2D eigenvalue weighted by Gasteiger charge is -2.18. The topological polar surface area (TPSA) is 61.8 Å². The van der Waals surface area contributed by atoms with Crippen LogP contribution in [-0.4, -0.2) is 42.8 Å². The van der Waals surface area contributed by atoms with Crippen LogP contribution < -0.4 is 10.1 Å². The van der Waals surface area contributed by atoms with Crippen LogP contribution in [0.1, 0.15) is 18.9 Å². The van der Waals surface area contributed by atoms with Crippen LogP contribution in [0.4, 0.5) is 9.18 Å². The molecule has 0 saturated carbocycles. The number of benzene rings is 1. The van der Waals surface area contributed by atoms with Crippen molar-refractivity contribution in [3.8, 4) is 5.75 Å². The second-order valence-electron chi connectivity index (χ2n) is 4.69. The molecule has 20 heavy (non-hydrogen) atoms. The number of nitrogens with one attached hydrogen (secondary N) is 1. The predicted molar refractivity (Wildman–Crippen MR) is 74.1 cm³/mol. The second-order valence-corrected chi connectivity index (χ2v) is 4.69. The number of amides is 2. The number of carbonyl (C=O) groups is 1. The number of rotatable bonds is 6. The number of nitrogens with zero attached hydrogens (tertiary/aromatic N) is 1. The number of aliphatic hydroxyl groups is 1. The molecule has 0 saturated heterocycles. The Balaban J connectivity index is 2.46. The van der Waals surface area contributed by atoms with Gasteiger partial charge in [0.05, 0.1) is 13.2 Å². The molecule has 1 aromatic rings. The van der Waals surface area contributed by atoms with Crippen molar-refractivity contribution in [1.82, 2.24) is 10.2 Å². The monoisotopic (exact) mass is 284 g/mol. The van der Waals surface area contributed by atoms with Crippen molar-refractivity contribution in [3.63, 3.8) is 0 Å². The number of hydrogen-bond acceptors (Lipinski definition) is 3. The van der Waals surface area contributed by atoms with E-state index in [-0.39, 0.29) is 18.3 Å². The number of methoxy groups -OCH3 is 1. The molecule has 0 aliphatic carbocycles. The third-order valence-electron chi connectivity index (χ3n) is 2.89. The number of ether oxygens (including phenoxy) is 1. The second kappa shape index (κ2) is 7.69. The summed E-state index contributed by atoms with van der Waals surface area (Å²) in [4.78, 5) is 13.2. The fraction of sp³-hybridized carbons (Fsp3) is 0.500. The molecule has 2 N–H and O–H groups in total. The minimum absolute atomic E-state index is 0.175. The highest BCUT2D eigenvalue weighted by atomic mass is 19.1. The largest absolute Gasteiger partial charge is 0.494 e. The Labute approximate surface area is 118 Å². The van der Waals surface area contributed by atoms with E-state index in [1.807, 2.05) is 0 Å². The molecule has 1 aromatic carbocycles. The lowest BCUT2D eigenvalue weighted by atomic mass is 10.2. The van der Waals surface area contributed by atoms with Crippen molar-refractivity contribution in [2.24, 2.45) is 0 Å². The molecule has 1 rings (SSSR count). The van der Waals surface area contributed by atoms with Crippen molar-refractivity contribution in [2.75, 3.05) is 20.7 Å². The summed E-state index contributed by atoms with van der Waals surface area (Å²) < 4.78 is 18.3. The highest BCUT2D eigenvalue weighted by Crippen LogP contribution is 2.17. The first-order chi connectivity index (χ1) is 9.43. The summed E-state index contributed by atoms with van der Waals surface area (Å²) in [6, 6.07) is 4.28. The van der Waals surface area contributed by atoms with Gasteiger partial charge in [-0.05, 0) is 31.0 Å². The maximum atomic E-state index is 13.5. The average molecular weight is 284 g/mol. The number of hydrogen-bond donors (Lipinski definition) is 2. The molecule has 6 heteroatoms. The molecule has 0 aromatic heterocycles. The van der Waals surface area contributed by atoms with Gasteiger partial charge in [-0.2, -0.15) is 0 Å². The summed E-state index contributed by atoms with van der Waals surface area (Å²) in [5.41, 5.74) is 0.653. The highest BCUT2D eigenvalue weighted by molar-refractivity contribution is 5.73. The Bertz CT molecular complexity index is 452. The summed E-state index contributed by atoms with van der Waals surface area (Å²) in [6.07, 6.45) is 0.0714. The van der Waals surface area contributed by atoms with Crippen LogP contribution in [-0.2, 0) is 6.54 Å². The van der Waals surface area contributed by atoms with E-state index in [4.69, 9.17) is 9.84 Å². The first kappa shape index (κ1) is 16.2. The van der Waals surface area contributed by atoms with Gasteiger partial charge in [0.25, 0.3) is 0 Å². The quantitative estimate of drug-likeness (QED) is 0.836. The molecule has 1 atom stereocenters. The van der Waals surface area contributed by atoms with Gasteiger partial charge in [0.1, 0.15) is 0 Å². The van der Waals surface area contributed by atoms with E-state index in [2.05, 4.69) is 5.32 Å². The van der Waals surface area contributed by atoms with E-state index in [0.717, 1.165) is 0 Å². The maximum absolute atomic E-state index is 13.5. The highest BCUT2D eigenvalue weighted by Gasteiger charge is 2.10. The van der Waals surface area contributed by atoms with Crippen LogP contribution in [0.25, 0.3) is 0 Å². The molecule has 5 nitrogen and oxygen atoms in total. The number of urea groups is 1. The molecule has 0 radical (unpaired) electrons. The van der Waals surface area contributed by atoms with Crippen LogP contribution in [0.3, 0.4) is 0 Å². The third kappa shape index (κ3) is 5.05. The summed E-state index contributed by atoms with van der Waals surface area (Å²) in [5.74, 6) is -0.282. The van der Waals surface area contributed by atoms with Crippen LogP contribution in [0.2, 0.25) is 0 Å². The van der Waals surface area contributed by atoms with Crippen LogP contribution in [0.5, 0.6) is 5.75 Å². The van der Waals surface area contributed by atoms with E-state index >= 15 is 0 Å². The Kier molecular flexibility index (Phi) is 6.24. The smallest absolute Gasteiger partial charge is 0.317 e. The summed E-state index contributed by atoms with van der Waals surface area (Å²) in [5, 5.41) is 11.8. The van der Waals surface area contributed by atoms with E-state index < -0.39 is 11.9 Å². The van der Waals surface area contributed by atoms with Gasteiger partial charge in [-0.25, -0.2) is 9.18 Å². The maximum Gasteiger partial charge on any atom is 0.317 e. The summed E-state index contributed by atoms with van der Waals surface area (Å²) in [6.45, 7) is 2.37. The number of carbonyl (C=O) groups excluding carboxylic acids is 1. The predicted octanol–water partition coefficient (Wildman–Crippen LogP) is 1.75. The molecule has 1 unspecified atom stereocenters. The van der Waals surface area contributed by atoms with E-state index in [0.29, 0.717) is 18.5 Å². The van der Waals surface area contributed by atoms with Gasteiger partial charge in [0.2, 0.25) is 0 Å². The van der Waals surface area contributed by atoms with Crippen molar-refractivity contribution in [1.29, 1.82) is 0 Å². The minimum atomic E-state index is -0.457. The molecule has 2 amide bonds. The normalized spacial score (nSPS) is 11.8. The molecule has 0 bridgehead atoms. The van der Waals surface area contributed by atoms with Gasteiger partial charge in [0, 0.05) is 20.1 Å². The van der Waals surface area contributed by atoms with Crippen LogP contribution in [0, 0.1) is 5.82 Å². The average Bonchev–Trinajstić information content (AvgIpc) is 2.42. The van der Waals surface area contributed by atoms with Gasteiger partial charge in [-0.3, -0.25) is 0 Å². The van der Waals surface area contributed by atoms with E-state index in [9.17, 15) is 9.18 Å². The molecular weight excluding hydrogens is 263 g/mol. The zero-order chi connectivity index (χ0) is 15.1. The van der Waals surface area contributed by atoms with Crippen LogP contribution in [0.15, 0.2) is 18.2 Å². The molecule has 0 spiro atoms. The Hall–Kier alpha value is -1.82. The first-order valence-corrected chi connectivity index (χ1v) is 6.43. The van der Waals surface area contributed by atoms with Gasteiger partial charge in [-0.15, -0.1) is 0 Å². The third-order valence-corrected chi connectivity index (χ3v) is 2.89. The standard InChI is InChI=1S/C14H21FN2O3/c1-10(18)6-7-17(2)14(19)16-9-11-4-5-13(20-3)12(15)8-11/h4-5,8,10,18H,6-7,9H2,1-3H3,(H,16,19). The van der Waals surface area contributed by atoms with Crippen molar-refractivity contribution >= 4 is 6.03 Å². The van der Waals surface area contributed by atoms with Crippen LogP contribution >= 0.6 is 0 Å². The van der Waals surface area contributed by atoms with Crippen molar-refractivity contribution in [2.45, 2.75) is 26.0 Å². The molecule has 112 valence electrons. The number of aliphatic hydroxyl groups excluding tert-OH is 1. The zero-order valence-corrected chi connectivity index (χ0v) is 12.0. The van der Waals surface area contributed by atoms with E-state index in [1.165, 1.54) is 24.1 Å². The molecule has 0 heterocycles. The summed E-state index contributed by atoms with van der Waals surface area (Å²) >= 11 is 0. The zero-order valence-electron chi connectivity index (χ0n) is 12.0. The molecular formula is C14H21FN2O3. The van der Waals surface area contributed by atoms with Gasteiger partial charge < -0.3 is 20.1 Å². The first-order valence-electron chi connectivity index (χ1n) is 6.43. The molecule has 0 fully saturated rings. The number of halogens is 1. The fourth-order valence-corrected chi connectivity index (χ4v) is 1.61. The lowest BCUT2D eigenvalue weighted by molar-refractivity contribution is 0.163. The Morgan fingerprint density at radius 2 is 2.25 bits per heavy atom. The SMILES string of the molecule is COc1ccc(CNC(=O)N(C)CCC(C)O)cc1F. The van der Waals surface area contributed by atoms with Gasteiger partial charge in [0.15, 0.2) is 11.6 Å².